The van der Waals surface area contributed by atoms with Gasteiger partial charge in [-0.15, -0.1) is 0 Å². The predicted octanol–water partition coefficient (Wildman–Crippen LogP) is 2.86. The summed E-state index contributed by atoms with van der Waals surface area (Å²) in [7, 11) is 1.95. The van der Waals surface area contributed by atoms with E-state index in [0.717, 1.165) is 15.9 Å². The zero-order valence-corrected chi connectivity index (χ0v) is 12.3. The van der Waals surface area contributed by atoms with Crippen LogP contribution in [0.15, 0.2) is 46.0 Å². The van der Waals surface area contributed by atoms with Gasteiger partial charge in [0.2, 0.25) is 0 Å². The zero-order chi connectivity index (χ0) is 13.8. The number of hydrazone groups is 1. The number of nitrogens with zero attached hydrogens (tertiary/aromatic N) is 2. The zero-order valence-electron chi connectivity index (χ0n) is 10.7. The van der Waals surface area contributed by atoms with Crippen molar-refractivity contribution >= 4 is 28.1 Å². The maximum absolute atomic E-state index is 11.8. The Balaban J connectivity index is 2.03. The average molecular weight is 320 g/mol. The summed E-state index contributed by atoms with van der Waals surface area (Å²) in [6.45, 7) is 2.01. The SMILES string of the molecule is Cc1ccc(/C=N/NC(=O)c2cccc(Br)c2)n1C. The first-order chi connectivity index (χ1) is 9.08. The highest BCUT2D eigenvalue weighted by atomic mass is 79.9. The molecule has 98 valence electrons. The Morgan fingerprint density at radius 3 is 2.79 bits per heavy atom. The van der Waals surface area contributed by atoms with Crippen LogP contribution >= 0.6 is 15.9 Å². The quantitative estimate of drug-likeness (QED) is 0.686. The molecule has 5 heteroatoms. The van der Waals surface area contributed by atoms with Crippen LogP contribution in [0.1, 0.15) is 21.7 Å². The van der Waals surface area contributed by atoms with Crippen molar-refractivity contribution < 1.29 is 4.79 Å². The van der Waals surface area contributed by atoms with Crippen LogP contribution in [0, 0.1) is 6.92 Å². The molecule has 0 aliphatic heterocycles. The molecule has 1 aromatic heterocycles. The van der Waals surface area contributed by atoms with Crippen LogP contribution < -0.4 is 5.43 Å². The number of rotatable bonds is 3. The first-order valence-electron chi connectivity index (χ1n) is 5.79. The van der Waals surface area contributed by atoms with Crippen LogP contribution in [0.4, 0.5) is 0 Å². The van der Waals surface area contributed by atoms with Crippen molar-refractivity contribution in [1.82, 2.24) is 9.99 Å². The minimum Gasteiger partial charge on any atom is -0.347 e. The fourth-order valence-electron chi connectivity index (χ4n) is 1.61. The van der Waals surface area contributed by atoms with Crippen LogP contribution in [0.25, 0.3) is 0 Å². The van der Waals surface area contributed by atoms with E-state index in [-0.39, 0.29) is 5.91 Å². The second-order valence-electron chi connectivity index (χ2n) is 4.17. The third-order valence-electron chi connectivity index (χ3n) is 2.86. The first kappa shape index (κ1) is 13.5. The van der Waals surface area contributed by atoms with E-state index in [4.69, 9.17) is 0 Å². The lowest BCUT2D eigenvalue weighted by Gasteiger charge is -2.01. The summed E-state index contributed by atoms with van der Waals surface area (Å²) in [5.41, 5.74) is 5.15. The molecule has 0 radical (unpaired) electrons. The summed E-state index contributed by atoms with van der Waals surface area (Å²) >= 11 is 3.33. The standard InChI is InChI=1S/C14H14BrN3O/c1-10-6-7-13(18(10)2)9-16-17-14(19)11-4-3-5-12(15)8-11/h3-9H,1-2H3,(H,17,19)/b16-9+. The van der Waals surface area contributed by atoms with Gasteiger partial charge in [0.25, 0.3) is 5.91 Å². The Labute approximate surface area is 120 Å². The molecule has 0 bridgehead atoms. The normalized spacial score (nSPS) is 10.9. The van der Waals surface area contributed by atoms with Crippen molar-refractivity contribution in [3.8, 4) is 0 Å². The van der Waals surface area contributed by atoms with Gasteiger partial charge < -0.3 is 4.57 Å². The van der Waals surface area contributed by atoms with Gasteiger partial charge in [-0.25, -0.2) is 5.43 Å². The van der Waals surface area contributed by atoms with Crippen LogP contribution in [-0.4, -0.2) is 16.7 Å². The topological polar surface area (TPSA) is 46.4 Å². The average Bonchev–Trinajstić information content (AvgIpc) is 2.70. The summed E-state index contributed by atoms with van der Waals surface area (Å²) in [5, 5.41) is 3.96. The Morgan fingerprint density at radius 2 is 2.16 bits per heavy atom. The van der Waals surface area contributed by atoms with Crippen molar-refractivity contribution in [2.75, 3.05) is 0 Å². The van der Waals surface area contributed by atoms with Crippen molar-refractivity contribution in [1.29, 1.82) is 0 Å². The van der Waals surface area contributed by atoms with E-state index in [0.29, 0.717) is 5.56 Å². The van der Waals surface area contributed by atoms with Gasteiger partial charge in [0.1, 0.15) is 0 Å². The highest BCUT2D eigenvalue weighted by Crippen LogP contribution is 2.11. The van der Waals surface area contributed by atoms with Crippen molar-refractivity contribution in [2.24, 2.45) is 12.1 Å². The van der Waals surface area contributed by atoms with Crippen molar-refractivity contribution in [3.63, 3.8) is 0 Å². The minimum atomic E-state index is -0.233. The molecule has 0 saturated heterocycles. The molecule has 19 heavy (non-hydrogen) atoms. The number of carbonyl (C=O) groups is 1. The van der Waals surface area contributed by atoms with E-state index >= 15 is 0 Å². The molecule has 1 aromatic carbocycles. The minimum absolute atomic E-state index is 0.233. The molecule has 0 aliphatic carbocycles. The van der Waals surface area contributed by atoms with Gasteiger partial charge in [-0.1, -0.05) is 22.0 Å². The maximum Gasteiger partial charge on any atom is 0.271 e. The summed E-state index contributed by atoms with van der Waals surface area (Å²) < 4.78 is 2.86. The Morgan fingerprint density at radius 1 is 1.37 bits per heavy atom. The van der Waals surface area contributed by atoms with E-state index in [1.165, 1.54) is 0 Å². The number of amides is 1. The third kappa shape index (κ3) is 3.32. The Kier molecular flexibility index (Phi) is 4.16. The number of halogens is 1. The largest absolute Gasteiger partial charge is 0.347 e. The fourth-order valence-corrected chi connectivity index (χ4v) is 2.01. The second kappa shape index (κ2) is 5.84. The molecule has 0 unspecified atom stereocenters. The molecule has 1 amide bonds. The van der Waals surface area contributed by atoms with E-state index in [2.05, 4.69) is 26.5 Å². The molecule has 2 aromatic rings. The van der Waals surface area contributed by atoms with Gasteiger partial charge in [0.15, 0.2) is 0 Å². The van der Waals surface area contributed by atoms with Gasteiger partial charge in [0, 0.05) is 22.8 Å². The summed E-state index contributed by atoms with van der Waals surface area (Å²) in [4.78, 5) is 11.8. The summed E-state index contributed by atoms with van der Waals surface area (Å²) in [6.07, 6.45) is 1.63. The van der Waals surface area contributed by atoms with Crippen LogP contribution in [0.2, 0.25) is 0 Å². The van der Waals surface area contributed by atoms with E-state index in [9.17, 15) is 4.79 Å². The lowest BCUT2D eigenvalue weighted by atomic mass is 10.2. The third-order valence-corrected chi connectivity index (χ3v) is 3.35. The molecule has 0 aliphatic rings. The molecular weight excluding hydrogens is 306 g/mol. The number of nitrogens with one attached hydrogen (secondary N) is 1. The molecule has 1 heterocycles. The Bertz CT molecular complexity index is 631. The maximum atomic E-state index is 11.8. The Hall–Kier alpha value is -1.88. The number of aromatic nitrogens is 1. The molecule has 4 nitrogen and oxygen atoms in total. The number of hydrogen-bond donors (Lipinski definition) is 1. The van der Waals surface area contributed by atoms with E-state index < -0.39 is 0 Å². The van der Waals surface area contributed by atoms with Gasteiger partial charge >= 0.3 is 0 Å². The first-order valence-corrected chi connectivity index (χ1v) is 6.58. The molecular formula is C14H14BrN3O. The molecule has 0 atom stereocenters. The molecule has 0 fully saturated rings. The molecule has 0 spiro atoms. The van der Waals surface area contributed by atoms with Crippen molar-refractivity contribution in [2.45, 2.75) is 6.92 Å². The molecule has 0 saturated carbocycles. The van der Waals surface area contributed by atoms with Crippen molar-refractivity contribution in [3.05, 3.63) is 57.8 Å². The number of carbonyl (C=O) groups excluding carboxylic acids is 1. The highest BCUT2D eigenvalue weighted by Gasteiger charge is 2.04. The molecule has 1 N–H and O–H groups in total. The highest BCUT2D eigenvalue weighted by molar-refractivity contribution is 9.10. The lowest BCUT2D eigenvalue weighted by Crippen LogP contribution is -2.17. The number of benzene rings is 1. The van der Waals surface area contributed by atoms with Crippen LogP contribution in [0.3, 0.4) is 0 Å². The van der Waals surface area contributed by atoms with Gasteiger partial charge in [-0.2, -0.15) is 5.10 Å². The summed E-state index contributed by atoms with van der Waals surface area (Å²) in [6, 6.07) is 11.1. The number of hydrogen-bond acceptors (Lipinski definition) is 2. The summed E-state index contributed by atoms with van der Waals surface area (Å²) in [5.74, 6) is -0.233. The monoisotopic (exact) mass is 319 g/mol. The fraction of sp³-hybridized carbons (Fsp3) is 0.143. The second-order valence-corrected chi connectivity index (χ2v) is 5.08. The predicted molar refractivity (Wildman–Crippen MR) is 79.4 cm³/mol. The van der Waals surface area contributed by atoms with E-state index in [1.54, 1.807) is 18.3 Å². The van der Waals surface area contributed by atoms with Crippen LogP contribution in [-0.2, 0) is 7.05 Å². The number of aryl methyl sites for hydroxylation is 1. The van der Waals surface area contributed by atoms with E-state index in [1.807, 2.05) is 42.8 Å². The van der Waals surface area contributed by atoms with Crippen LogP contribution in [0.5, 0.6) is 0 Å². The van der Waals surface area contributed by atoms with Gasteiger partial charge in [-0.05, 0) is 37.3 Å². The lowest BCUT2D eigenvalue weighted by molar-refractivity contribution is 0.0955. The van der Waals surface area contributed by atoms with Gasteiger partial charge in [0.05, 0.1) is 11.9 Å². The van der Waals surface area contributed by atoms with Gasteiger partial charge in [-0.3, -0.25) is 4.79 Å². The smallest absolute Gasteiger partial charge is 0.271 e. The molecule has 2 rings (SSSR count).